The van der Waals surface area contributed by atoms with Crippen LogP contribution < -0.4 is 5.73 Å². The first-order valence-corrected chi connectivity index (χ1v) is 12.6. The fourth-order valence-corrected chi connectivity index (χ4v) is 3.93. The minimum Gasteiger partial charge on any atom is -0.328 e. The third kappa shape index (κ3) is 22.0. The number of nitrogens with two attached hydrogens (primary N) is 1. The molecule has 0 saturated heterocycles. The first-order valence-electron chi connectivity index (χ1n) is 12.6. The zero-order chi connectivity index (χ0) is 19.1. The van der Waals surface area contributed by atoms with Gasteiger partial charge in [0.05, 0.1) is 0 Å². The van der Waals surface area contributed by atoms with Crippen LogP contribution in [0.3, 0.4) is 0 Å². The zero-order valence-corrected chi connectivity index (χ0v) is 18.7. The van der Waals surface area contributed by atoms with Crippen molar-refractivity contribution in [1.82, 2.24) is 0 Å². The predicted molar refractivity (Wildman–Crippen MR) is 121 cm³/mol. The maximum atomic E-state index is 6.28. The topological polar surface area (TPSA) is 26.0 Å². The molecule has 0 aromatic carbocycles. The Morgan fingerprint density at radius 2 is 0.615 bits per heavy atom. The van der Waals surface area contributed by atoms with E-state index in [1.165, 1.54) is 141 Å². The lowest BCUT2D eigenvalue weighted by atomic mass is 10.0. The van der Waals surface area contributed by atoms with Gasteiger partial charge in [-0.1, -0.05) is 142 Å². The van der Waals surface area contributed by atoms with Crippen molar-refractivity contribution in [2.24, 2.45) is 5.73 Å². The standard InChI is InChI=1S/C25H53N/c1-3-5-7-9-11-13-14-15-16-18-20-22-24-25(26)23-21-19-17-12-10-8-6-4-2/h25H,3-24,26H2,1-2H3. The van der Waals surface area contributed by atoms with Crippen LogP contribution in [0.15, 0.2) is 0 Å². The Labute approximate surface area is 167 Å². The molecule has 0 heterocycles. The van der Waals surface area contributed by atoms with Crippen LogP contribution in [-0.2, 0) is 0 Å². The zero-order valence-electron chi connectivity index (χ0n) is 18.7. The molecule has 2 N–H and O–H groups in total. The average molecular weight is 368 g/mol. The molecule has 1 unspecified atom stereocenters. The fraction of sp³-hybridized carbons (Fsp3) is 1.00. The van der Waals surface area contributed by atoms with Crippen molar-refractivity contribution in [2.45, 2.75) is 161 Å². The fourth-order valence-electron chi connectivity index (χ4n) is 3.93. The monoisotopic (exact) mass is 367 g/mol. The Kier molecular flexibility index (Phi) is 23.0. The molecular weight excluding hydrogens is 314 g/mol. The molecule has 1 atom stereocenters. The minimum absolute atomic E-state index is 0.471. The molecule has 1 heteroatoms. The van der Waals surface area contributed by atoms with E-state index in [1.54, 1.807) is 0 Å². The van der Waals surface area contributed by atoms with Crippen molar-refractivity contribution < 1.29 is 0 Å². The number of unbranched alkanes of at least 4 members (excludes halogenated alkanes) is 18. The van der Waals surface area contributed by atoms with Crippen molar-refractivity contribution in [3.63, 3.8) is 0 Å². The highest BCUT2D eigenvalue weighted by molar-refractivity contribution is 4.62. The van der Waals surface area contributed by atoms with Crippen LogP contribution in [0.1, 0.15) is 155 Å². The van der Waals surface area contributed by atoms with Crippen molar-refractivity contribution >= 4 is 0 Å². The molecule has 0 rings (SSSR count). The Hall–Kier alpha value is -0.0400. The molecule has 0 amide bonds. The van der Waals surface area contributed by atoms with Gasteiger partial charge in [-0.05, 0) is 12.8 Å². The molecule has 26 heavy (non-hydrogen) atoms. The van der Waals surface area contributed by atoms with E-state index in [-0.39, 0.29) is 0 Å². The Morgan fingerprint density at radius 3 is 0.885 bits per heavy atom. The molecule has 0 aliphatic rings. The number of hydrogen-bond donors (Lipinski definition) is 1. The van der Waals surface area contributed by atoms with Crippen LogP contribution >= 0.6 is 0 Å². The highest BCUT2D eigenvalue weighted by atomic mass is 14.6. The first kappa shape index (κ1) is 26.0. The van der Waals surface area contributed by atoms with Gasteiger partial charge in [-0.15, -0.1) is 0 Å². The van der Waals surface area contributed by atoms with Crippen molar-refractivity contribution in [2.75, 3.05) is 0 Å². The molecule has 0 bridgehead atoms. The van der Waals surface area contributed by atoms with Gasteiger partial charge >= 0.3 is 0 Å². The van der Waals surface area contributed by atoms with Gasteiger partial charge in [0.25, 0.3) is 0 Å². The maximum absolute atomic E-state index is 6.28. The highest BCUT2D eigenvalue weighted by Gasteiger charge is 2.02. The Balaban J connectivity index is 3.11. The van der Waals surface area contributed by atoms with Gasteiger partial charge in [-0.25, -0.2) is 0 Å². The normalized spacial score (nSPS) is 12.6. The number of hydrogen-bond acceptors (Lipinski definition) is 1. The lowest BCUT2D eigenvalue weighted by Gasteiger charge is -2.11. The van der Waals surface area contributed by atoms with E-state index in [0.717, 1.165) is 0 Å². The van der Waals surface area contributed by atoms with E-state index in [0.29, 0.717) is 6.04 Å². The Morgan fingerprint density at radius 1 is 0.385 bits per heavy atom. The van der Waals surface area contributed by atoms with Crippen LogP contribution in [0.2, 0.25) is 0 Å². The smallest absolute Gasteiger partial charge is 0.00388 e. The van der Waals surface area contributed by atoms with E-state index in [1.807, 2.05) is 0 Å². The van der Waals surface area contributed by atoms with Crippen LogP contribution in [0.5, 0.6) is 0 Å². The third-order valence-electron chi connectivity index (χ3n) is 5.86. The van der Waals surface area contributed by atoms with E-state index < -0.39 is 0 Å². The summed E-state index contributed by atoms with van der Waals surface area (Å²) < 4.78 is 0. The summed E-state index contributed by atoms with van der Waals surface area (Å²) in [7, 11) is 0. The average Bonchev–Trinajstić information content (AvgIpc) is 2.65. The lowest BCUT2D eigenvalue weighted by molar-refractivity contribution is 0.479. The molecule has 0 saturated carbocycles. The molecule has 0 fully saturated rings. The van der Waals surface area contributed by atoms with Crippen molar-refractivity contribution in [1.29, 1.82) is 0 Å². The van der Waals surface area contributed by atoms with Crippen LogP contribution in [0.25, 0.3) is 0 Å². The summed E-state index contributed by atoms with van der Waals surface area (Å²) in [5.74, 6) is 0. The maximum Gasteiger partial charge on any atom is 0.00388 e. The summed E-state index contributed by atoms with van der Waals surface area (Å²) in [6, 6.07) is 0.471. The number of rotatable bonds is 22. The van der Waals surface area contributed by atoms with Gasteiger partial charge in [0.1, 0.15) is 0 Å². The minimum atomic E-state index is 0.471. The van der Waals surface area contributed by atoms with E-state index >= 15 is 0 Å². The molecule has 0 spiro atoms. The molecule has 0 aromatic rings. The summed E-state index contributed by atoms with van der Waals surface area (Å²) in [5.41, 5.74) is 6.28. The molecule has 0 radical (unpaired) electrons. The Bertz CT molecular complexity index is 238. The molecule has 158 valence electrons. The van der Waals surface area contributed by atoms with Crippen molar-refractivity contribution in [3.05, 3.63) is 0 Å². The van der Waals surface area contributed by atoms with E-state index in [9.17, 15) is 0 Å². The second-order valence-corrected chi connectivity index (χ2v) is 8.70. The highest BCUT2D eigenvalue weighted by Crippen LogP contribution is 2.15. The van der Waals surface area contributed by atoms with Gasteiger partial charge in [0, 0.05) is 6.04 Å². The van der Waals surface area contributed by atoms with E-state index in [2.05, 4.69) is 13.8 Å². The van der Waals surface area contributed by atoms with Gasteiger partial charge in [0.2, 0.25) is 0 Å². The molecule has 1 nitrogen and oxygen atoms in total. The van der Waals surface area contributed by atoms with Gasteiger partial charge in [0.15, 0.2) is 0 Å². The molecule has 0 aliphatic heterocycles. The van der Waals surface area contributed by atoms with Crippen LogP contribution in [0.4, 0.5) is 0 Å². The van der Waals surface area contributed by atoms with E-state index in [4.69, 9.17) is 5.73 Å². The summed E-state index contributed by atoms with van der Waals surface area (Å²) in [6.07, 6.45) is 31.0. The van der Waals surface area contributed by atoms with Gasteiger partial charge < -0.3 is 5.73 Å². The predicted octanol–water partition coefficient (Wildman–Crippen LogP) is 8.94. The quantitative estimate of drug-likeness (QED) is 0.190. The summed E-state index contributed by atoms with van der Waals surface area (Å²) in [4.78, 5) is 0. The van der Waals surface area contributed by atoms with Gasteiger partial charge in [-0.2, -0.15) is 0 Å². The summed E-state index contributed by atoms with van der Waals surface area (Å²) in [6.45, 7) is 4.58. The SMILES string of the molecule is CCCCCCCCCCCCCCC(N)CCCCCCCCCC. The van der Waals surface area contributed by atoms with Gasteiger partial charge in [-0.3, -0.25) is 0 Å². The van der Waals surface area contributed by atoms with Crippen LogP contribution in [-0.4, -0.2) is 6.04 Å². The summed E-state index contributed by atoms with van der Waals surface area (Å²) >= 11 is 0. The molecular formula is C25H53N. The van der Waals surface area contributed by atoms with Crippen LogP contribution in [0, 0.1) is 0 Å². The molecule has 0 aliphatic carbocycles. The lowest BCUT2D eigenvalue weighted by Crippen LogP contribution is -2.19. The second-order valence-electron chi connectivity index (χ2n) is 8.70. The largest absolute Gasteiger partial charge is 0.328 e. The third-order valence-corrected chi connectivity index (χ3v) is 5.86. The second kappa shape index (κ2) is 23.0. The first-order chi connectivity index (χ1) is 12.8. The molecule has 0 aromatic heterocycles. The summed E-state index contributed by atoms with van der Waals surface area (Å²) in [5, 5.41) is 0. The van der Waals surface area contributed by atoms with Crippen molar-refractivity contribution in [3.8, 4) is 0 Å².